The Kier molecular flexibility index (Phi) is 5.76. The van der Waals surface area contributed by atoms with E-state index >= 15 is 0 Å². The molecule has 3 rings (SSSR count). The second-order valence-corrected chi connectivity index (χ2v) is 7.90. The fourth-order valence-electron chi connectivity index (χ4n) is 3.36. The highest BCUT2D eigenvalue weighted by Gasteiger charge is 2.15. The number of fused-ring (bicyclic) bond motifs is 1. The van der Waals surface area contributed by atoms with Crippen LogP contribution in [0.15, 0.2) is 36.1 Å². The number of nitrogens with one attached hydrogen (secondary N) is 1. The highest BCUT2D eigenvalue weighted by atomic mass is 32.1. The predicted octanol–water partition coefficient (Wildman–Crippen LogP) is 4.86. The minimum Gasteiger partial charge on any atom is -0.487 e. The van der Waals surface area contributed by atoms with Crippen LogP contribution in [0.25, 0.3) is 10.9 Å². The maximum Gasteiger partial charge on any atom is 0.129 e. The maximum absolute atomic E-state index is 6.10. The highest BCUT2D eigenvalue weighted by Crippen LogP contribution is 2.30. The molecule has 2 aromatic heterocycles. The van der Waals surface area contributed by atoms with Crippen molar-refractivity contribution < 1.29 is 4.74 Å². The van der Waals surface area contributed by atoms with Crippen molar-refractivity contribution in [1.29, 1.82) is 0 Å². The summed E-state index contributed by atoms with van der Waals surface area (Å²) in [7, 11) is 0. The van der Waals surface area contributed by atoms with Crippen molar-refractivity contribution in [3.63, 3.8) is 0 Å². The zero-order valence-corrected chi connectivity index (χ0v) is 16.3. The number of nitrogens with zero attached hydrogens (tertiary/aromatic N) is 2. The Bertz CT molecular complexity index is 784. The van der Waals surface area contributed by atoms with Crippen molar-refractivity contribution in [3.8, 4) is 5.75 Å². The van der Waals surface area contributed by atoms with Gasteiger partial charge in [-0.05, 0) is 51.8 Å². The van der Waals surface area contributed by atoms with Gasteiger partial charge in [0.25, 0.3) is 0 Å². The third kappa shape index (κ3) is 4.22. The van der Waals surface area contributed by atoms with E-state index < -0.39 is 0 Å². The second-order valence-electron chi connectivity index (χ2n) is 6.92. The van der Waals surface area contributed by atoms with Gasteiger partial charge in [-0.25, -0.2) is 0 Å². The van der Waals surface area contributed by atoms with E-state index in [4.69, 9.17) is 4.74 Å². The van der Waals surface area contributed by atoms with Crippen LogP contribution in [0.2, 0.25) is 0 Å². The molecule has 0 amide bonds. The van der Waals surface area contributed by atoms with Gasteiger partial charge in [0, 0.05) is 41.9 Å². The third-order valence-corrected chi connectivity index (χ3v) is 5.32. The first-order valence-corrected chi connectivity index (χ1v) is 9.79. The van der Waals surface area contributed by atoms with Crippen LogP contribution in [0.1, 0.15) is 38.1 Å². The van der Waals surface area contributed by atoms with E-state index in [0.29, 0.717) is 18.7 Å². The highest BCUT2D eigenvalue weighted by molar-refractivity contribution is 7.09. The number of aromatic amines is 1. The van der Waals surface area contributed by atoms with Gasteiger partial charge in [0.05, 0.1) is 10.4 Å². The molecule has 1 N–H and O–H groups in total. The van der Waals surface area contributed by atoms with Crippen molar-refractivity contribution in [3.05, 3.63) is 46.5 Å². The second kappa shape index (κ2) is 8.02. The van der Waals surface area contributed by atoms with Crippen LogP contribution in [0, 0.1) is 0 Å². The summed E-state index contributed by atoms with van der Waals surface area (Å²) in [6.45, 7) is 10.7. The number of hydrogen-bond acceptors (Lipinski definition) is 4. The molecular weight excluding hydrogens is 330 g/mol. The number of thiazole rings is 1. The molecule has 2 heterocycles. The Balaban J connectivity index is 1.79. The summed E-state index contributed by atoms with van der Waals surface area (Å²) in [6.07, 6.45) is 5.01. The number of ether oxygens (including phenoxy) is 1. The molecule has 0 bridgehead atoms. The van der Waals surface area contributed by atoms with Crippen molar-refractivity contribution in [2.45, 2.75) is 52.8 Å². The van der Waals surface area contributed by atoms with Gasteiger partial charge < -0.3 is 9.72 Å². The zero-order chi connectivity index (χ0) is 17.8. The first kappa shape index (κ1) is 18.0. The molecule has 4 nitrogen and oxygen atoms in total. The van der Waals surface area contributed by atoms with Gasteiger partial charge in [-0.15, -0.1) is 11.3 Å². The van der Waals surface area contributed by atoms with Crippen LogP contribution in [0.5, 0.6) is 5.75 Å². The number of H-pyrrole nitrogens is 1. The molecule has 0 spiro atoms. The quantitative estimate of drug-likeness (QED) is 0.625. The average molecular weight is 358 g/mol. The zero-order valence-electron chi connectivity index (χ0n) is 15.5. The monoisotopic (exact) mass is 357 g/mol. The van der Waals surface area contributed by atoms with Crippen molar-refractivity contribution in [1.82, 2.24) is 14.9 Å². The molecule has 0 aliphatic rings. The lowest BCUT2D eigenvalue weighted by Gasteiger charge is -2.30. The molecule has 0 atom stereocenters. The standard InChI is InChI=1S/C20H27N3OS/c1-14(2)23(15(3)4)9-8-16-10-22-18-6-5-7-19(20(16)18)24-12-17-11-21-13-25-17/h5-7,10-11,13-15,22H,8-9,12H2,1-4H3. The summed E-state index contributed by atoms with van der Waals surface area (Å²) < 4.78 is 6.10. The number of aromatic nitrogens is 2. The van der Waals surface area contributed by atoms with Crippen LogP contribution in [0.4, 0.5) is 0 Å². The SMILES string of the molecule is CC(C)N(CCc1c[nH]c2cccc(OCc3cncs3)c12)C(C)C. The topological polar surface area (TPSA) is 41.2 Å². The number of hydrogen-bond donors (Lipinski definition) is 1. The molecule has 134 valence electrons. The molecule has 0 unspecified atom stereocenters. The van der Waals surface area contributed by atoms with Crippen LogP contribution < -0.4 is 4.74 Å². The largest absolute Gasteiger partial charge is 0.487 e. The van der Waals surface area contributed by atoms with E-state index in [-0.39, 0.29) is 0 Å². The summed E-state index contributed by atoms with van der Waals surface area (Å²) in [4.78, 5) is 11.2. The van der Waals surface area contributed by atoms with Crippen LogP contribution in [0.3, 0.4) is 0 Å². The van der Waals surface area contributed by atoms with Gasteiger partial charge in [0.1, 0.15) is 12.4 Å². The molecule has 0 radical (unpaired) electrons. The predicted molar refractivity (Wildman–Crippen MR) is 105 cm³/mol. The fraction of sp³-hybridized carbons (Fsp3) is 0.450. The molecule has 0 aliphatic heterocycles. The lowest BCUT2D eigenvalue weighted by molar-refractivity contribution is 0.177. The molecule has 0 fully saturated rings. The average Bonchev–Trinajstić information content (AvgIpc) is 3.22. The Morgan fingerprint density at radius 1 is 1.20 bits per heavy atom. The van der Waals surface area contributed by atoms with Gasteiger partial charge >= 0.3 is 0 Å². The molecule has 5 heteroatoms. The minimum atomic E-state index is 0.548. The van der Waals surface area contributed by atoms with E-state index in [1.54, 1.807) is 11.3 Å². The van der Waals surface area contributed by atoms with Crippen LogP contribution in [-0.4, -0.2) is 33.5 Å². The smallest absolute Gasteiger partial charge is 0.129 e. The Hall–Kier alpha value is -1.85. The third-order valence-electron chi connectivity index (χ3n) is 4.57. The molecule has 1 aromatic carbocycles. The summed E-state index contributed by atoms with van der Waals surface area (Å²) in [5.41, 5.74) is 4.30. The first-order chi connectivity index (χ1) is 12.1. The van der Waals surface area contributed by atoms with Gasteiger partial charge in [0.15, 0.2) is 0 Å². The van der Waals surface area contributed by atoms with E-state index in [9.17, 15) is 0 Å². The van der Waals surface area contributed by atoms with Crippen molar-refractivity contribution >= 4 is 22.2 Å². The fourth-order valence-corrected chi connectivity index (χ4v) is 3.87. The van der Waals surface area contributed by atoms with Crippen molar-refractivity contribution in [2.75, 3.05) is 6.54 Å². The molecule has 0 aliphatic carbocycles. The van der Waals surface area contributed by atoms with Gasteiger partial charge in [-0.3, -0.25) is 9.88 Å². The van der Waals surface area contributed by atoms with Crippen LogP contribution in [-0.2, 0) is 13.0 Å². The first-order valence-electron chi connectivity index (χ1n) is 8.91. The van der Waals surface area contributed by atoms with E-state index in [1.165, 1.54) is 10.9 Å². The maximum atomic E-state index is 6.10. The van der Waals surface area contributed by atoms with E-state index in [0.717, 1.165) is 29.1 Å². The lowest BCUT2D eigenvalue weighted by atomic mass is 10.1. The number of rotatable bonds is 8. The van der Waals surface area contributed by atoms with E-state index in [2.05, 4.69) is 60.9 Å². The van der Waals surface area contributed by atoms with Crippen LogP contribution >= 0.6 is 11.3 Å². The van der Waals surface area contributed by atoms with Gasteiger partial charge in [-0.2, -0.15) is 0 Å². The number of benzene rings is 1. The Morgan fingerprint density at radius 3 is 2.68 bits per heavy atom. The lowest BCUT2D eigenvalue weighted by Crippen LogP contribution is -2.38. The van der Waals surface area contributed by atoms with Gasteiger partial charge in [0.2, 0.25) is 0 Å². The minimum absolute atomic E-state index is 0.548. The summed E-state index contributed by atoms with van der Waals surface area (Å²) in [5.74, 6) is 0.947. The molecule has 25 heavy (non-hydrogen) atoms. The summed E-state index contributed by atoms with van der Waals surface area (Å²) >= 11 is 1.62. The van der Waals surface area contributed by atoms with Gasteiger partial charge in [-0.1, -0.05) is 6.07 Å². The summed E-state index contributed by atoms with van der Waals surface area (Å²) in [5, 5.41) is 1.21. The van der Waals surface area contributed by atoms with E-state index in [1.807, 2.05) is 17.8 Å². The molecule has 0 saturated heterocycles. The molecule has 3 aromatic rings. The Labute approximate surface area is 153 Å². The van der Waals surface area contributed by atoms with Crippen molar-refractivity contribution in [2.24, 2.45) is 0 Å². The Morgan fingerprint density at radius 2 is 2.00 bits per heavy atom. The normalized spacial score (nSPS) is 12.0. The summed E-state index contributed by atoms with van der Waals surface area (Å²) in [6, 6.07) is 7.31. The molecular formula is C20H27N3OS. The molecule has 0 saturated carbocycles.